The predicted molar refractivity (Wildman–Crippen MR) is 123 cm³/mol. The summed E-state index contributed by atoms with van der Waals surface area (Å²) in [6, 6.07) is 7.35. The highest BCUT2D eigenvalue weighted by molar-refractivity contribution is 7.13. The number of hydrogen-bond acceptors (Lipinski definition) is 6. The molecule has 0 aliphatic heterocycles. The van der Waals surface area contributed by atoms with Crippen LogP contribution < -0.4 is 15.8 Å². The fourth-order valence-corrected chi connectivity index (χ4v) is 4.70. The monoisotopic (exact) mass is 473 g/mol. The summed E-state index contributed by atoms with van der Waals surface area (Å²) in [4.78, 5) is 29.1. The number of thiazole rings is 1. The van der Waals surface area contributed by atoms with Gasteiger partial charge in [0.05, 0.1) is 28.1 Å². The fraction of sp³-hybridized carbons (Fsp3) is 0.364. The molecule has 0 unspecified atom stereocenters. The van der Waals surface area contributed by atoms with E-state index >= 15 is 0 Å². The van der Waals surface area contributed by atoms with Crippen molar-refractivity contribution in [1.82, 2.24) is 20.1 Å². The molecule has 4 rings (SSSR count). The van der Waals surface area contributed by atoms with Crippen molar-refractivity contribution in [2.75, 3.05) is 0 Å². The van der Waals surface area contributed by atoms with E-state index in [9.17, 15) is 9.59 Å². The number of aromatic nitrogens is 3. The molecule has 2 aromatic heterocycles. The van der Waals surface area contributed by atoms with Crippen LogP contribution in [0.5, 0.6) is 5.88 Å². The molecule has 10 heteroatoms. The molecule has 1 aliphatic rings. The summed E-state index contributed by atoms with van der Waals surface area (Å²) >= 11 is 7.19. The lowest BCUT2D eigenvalue weighted by molar-refractivity contribution is 0.0882. The molecule has 1 fully saturated rings. The van der Waals surface area contributed by atoms with Gasteiger partial charge in [-0.15, -0.1) is 11.3 Å². The smallest absolute Gasteiger partial charge is 0.264 e. The van der Waals surface area contributed by atoms with Crippen LogP contribution in [0.2, 0.25) is 5.02 Å². The molecule has 0 radical (unpaired) electrons. The normalized spacial score (nSPS) is 18.3. The number of aryl methyl sites for hydroxylation is 1. The van der Waals surface area contributed by atoms with E-state index in [1.54, 1.807) is 23.0 Å². The summed E-state index contributed by atoms with van der Waals surface area (Å²) in [5.41, 5.74) is 7.57. The fourth-order valence-electron chi connectivity index (χ4n) is 3.86. The summed E-state index contributed by atoms with van der Waals surface area (Å²) in [6.07, 6.45) is 4.58. The van der Waals surface area contributed by atoms with Crippen LogP contribution in [0.1, 0.15) is 56.4 Å². The molecule has 0 spiro atoms. The zero-order valence-corrected chi connectivity index (χ0v) is 19.4. The van der Waals surface area contributed by atoms with Crippen molar-refractivity contribution >= 4 is 34.8 Å². The van der Waals surface area contributed by atoms with E-state index in [0.717, 1.165) is 42.1 Å². The Morgan fingerprint density at radius 1 is 1.19 bits per heavy atom. The summed E-state index contributed by atoms with van der Waals surface area (Å²) in [5.74, 6) is -0.350. The van der Waals surface area contributed by atoms with E-state index in [1.165, 1.54) is 11.3 Å². The number of nitrogens with one attached hydrogen (secondary N) is 1. The molecule has 0 bridgehead atoms. The largest absolute Gasteiger partial charge is 0.473 e. The maximum atomic E-state index is 12.9. The lowest BCUT2D eigenvalue weighted by atomic mass is 9.92. The number of amides is 2. The summed E-state index contributed by atoms with van der Waals surface area (Å²) < 4.78 is 7.67. The molecule has 8 nitrogen and oxygen atoms in total. The van der Waals surface area contributed by atoms with Crippen LogP contribution in [0.3, 0.4) is 0 Å². The lowest BCUT2D eigenvalue weighted by Gasteiger charge is -2.29. The minimum atomic E-state index is -0.527. The number of nitrogens with two attached hydrogens (primary N) is 1. The molecule has 0 saturated heterocycles. The highest BCUT2D eigenvalue weighted by Gasteiger charge is 2.27. The third-order valence-electron chi connectivity index (χ3n) is 5.54. The number of benzene rings is 1. The molecule has 2 heterocycles. The van der Waals surface area contributed by atoms with E-state index in [4.69, 9.17) is 22.1 Å². The van der Waals surface area contributed by atoms with Crippen molar-refractivity contribution in [1.29, 1.82) is 0 Å². The number of primary amides is 1. The van der Waals surface area contributed by atoms with Gasteiger partial charge in [-0.25, -0.2) is 9.67 Å². The van der Waals surface area contributed by atoms with Crippen molar-refractivity contribution in [3.63, 3.8) is 0 Å². The minimum absolute atomic E-state index is 0.0495. The third kappa shape index (κ3) is 4.78. The average Bonchev–Trinajstić information content (AvgIpc) is 3.32. The summed E-state index contributed by atoms with van der Waals surface area (Å²) in [7, 11) is 0. The maximum Gasteiger partial charge on any atom is 0.264 e. The zero-order chi connectivity index (χ0) is 22.8. The molecule has 1 aliphatic carbocycles. The van der Waals surface area contributed by atoms with Gasteiger partial charge in [0.15, 0.2) is 4.88 Å². The van der Waals surface area contributed by atoms with Gasteiger partial charge < -0.3 is 15.8 Å². The molecule has 1 aromatic carbocycles. The average molecular weight is 474 g/mol. The van der Waals surface area contributed by atoms with Gasteiger partial charge in [0, 0.05) is 11.1 Å². The maximum absolute atomic E-state index is 12.9. The van der Waals surface area contributed by atoms with Crippen LogP contribution in [0, 0.1) is 13.8 Å². The highest BCUT2D eigenvalue weighted by atomic mass is 35.5. The van der Waals surface area contributed by atoms with Crippen LogP contribution in [0.25, 0.3) is 5.69 Å². The van der Waals surface area contributed by atoms with E-state index < -0.39 is 5.91 Å². The number of rotatable bonds is 6. The van der Waals surface area contributed by atoms with E-state index in [-0.39, 0.29) is 18.1 Å². The molecular formula is C22H24ClN5O3S. The minimum Gasteiger partial charge on any atom is -0.473 e. The van der Waals surface area contributed by atoms with Crippen molar-refractivity contribution in [2.24, 2.45) is 5.73 Å². The second-order valence-corrected chi connectivity index (χ2v) is 9.47. The van der Waals surface area contributed by atoms with Gasteiger partial charge in [-0.3, -0.25) is 9.59 Å². The van der Waals surface area contributed by atoms with Crippen molar-refractivity contribution in [3.05, 3.63) is 56.6 Å². The highest BCUT2D eigenvalue weighted by Crippen LogP contribution is 2.29. The second-order valence-electron chi connectivity index (χ2n) is 7.83. The summed E-state index contributed by atoms with van der Waals surface area (Å²) in [5, 5.41) is 8.86. The SMILES string of the molecule is Cc1nc(OC2CCC(NC(=O)c3cnn(-c4ccc(Cl)cc4)c3C)CC2)c(C(N)=O)s1. The van der Waals surface area contributed by atoms with Gasteiger partial charge in [0.1, 0.15) is 6.10 Å². The van der Waals surface area contributed by atoms with E-state index in [1.807, 2.05) is 26.0 Å². The molecule has 0 atom stereocenters. The molecule has 3 aromatic rings. The van der Waals surface area contributed by atoms with Gasteiger partial charge in [-0.05, 0) is 63.8 Å². The number of nitrogens with zero attached hydrogens (tertiary/aromatic N) is 3. The quantitative estimate of drug-likeness (QED) is 0.565. The molecule has 3 N–H and O–H groups in total. The van der Waals surface area contributed by atoms with E-state index in [2.05, 4.69) is 15.4 Å². The van der Waals surface area contributed by atoms with Crippen LogP contribution >= 0.6 is 22.9 Å². The first-order valence-electron chi connectivity index (χ1n) is 10.4. The van der Waals surface area contributed by atoms with Gasteiger partial charge in [-0.1, -0.05) is 11.6 Å². The van der Waals surface area contributed by atoms with Crippen molar-refractivity contribution < 1.29 is 14.3 Å². The van der Waals surface area contributed by atoms with Crippen LogP contribution in [-0.2, 0) is 0 Å². The number of carbonyl (C=O) groups excluding carboxylic acids is 2. The second kappa shape index (κ2) is 9.30. The molecule has 1 saturated carbocycles. The topological polar surface area (TPSA) is 112 Å². The summed E-state index contributed by atoms with van der Waals surface area (Å²) in [6.45, 7) is 3.68. The Kier molecular flexibility index (Phi) is 6.48. The lowest BCUT2D eigenvalue weighted by Crippen LogP contribution is -2.40. The van der Waals surface area contributed by atoms with Gasteiger partial charge in [0.25, 0.3) is 11.8 Å². The third-order valence-corrected chi connectivity index (χ3v) is 6.76. The zero-order valence-electron chi connectivity index (χ0n) is 17.8. The first kappa shape index (κ1) is 22.3. The number of ether oxygens (including phenoxy) is 1. The van der Waals surface area contributed by atoms with Crippen LogP contribution in [0.4, 0.5) is 0 Å². The standard InChI is InChI=1S/C22H24ClN5O3S/c1-12-18(11-25-28(12)16-7-3-14(23)4-8-16)21(30)27-15-5-9-17(10-6-15)31-22-19(20(24)29)32-13(2)26-22/h3-4,7-8,11,15,17H,5-6,9-10H2,1-2H3,(H2,24,29)(H,27,30). The van der Waals surface area contributed by atoms with Crippen molar-refractivity contribution in [3.8, 4) is 11.6 Å². The van der Waals surface area contributed by atoms with Crippen LogP contribution in [0.15, 0.2) is 30.5 Å². The number of halogens is 1. The Bertz CT molecular complexity index is 1130. The van der Waals surface area contributed by atoms with Gasteiger partial charge in [-0.2, -0.15) is 5.10 Å². The number of hydrogen-bond donors (Lipinski definition) is 2. The van der Waals surface area contributed by atoms with Crippen molar-refractivity contribution in [2.45, 2.75) is 51.7 Å². The Morgan fingerprint density at radius 2 is 1.88 bits per heavy atom. The molecular weight excluding hydrogens is 450 g/mol. The van der Waals surface area contributed by atoms with Gasteiger partial charge in [0.2, 0.25) is 5.88 Å². The Hall–Kier alpha value is -2.91. The van der Waals surface area contributed by atoms with Gasteiger partial charge >= 0.3 is 0 Å². The predicted octanol–water partition coefficient (Wildman–Crippen LogP) is 3.82. The molecule has 2 amide bonds. The van der Waals surface area contributed by atoms with Crippen LogP contribution in [-0.4, -0.2) is 38.7 Å². The first-order valence-corrected chi connectivity index (χ1v) is 11.6. The Morgan fingerprint density at radius 3 is 2.53 bits per heavy atom. The number of carbonyl (C=O) groups is 2. The Balaban J connectivity index is 1.34. The first-order chi connectivity index (χ1) is 15.3. The molecule has 32 heavy (non-hydrogen) atoms. The van der Waals surface area contributed by atoms with E-state index in [0.29, 0.717) is 21.3 Å². The Labute approximate surface area is 194 Å². The molecule has 168 valence electrons.